The van der Waals surface area contributed by atoms with Crippen LogP contribution in [-0.2, 0) is 4.79 Å². The summed E-state index contributed by atoms with van der Waals surface area (Å²) < 4.78 is 0.852. The minimum Gasteiger partial charge on any atom is -0.480 e. The molecule has 1 unspecified atom stereocenters. The van der Waals surface area contributed by atoms with E-state index in [0.29, 0.717) is 13.0 Å². The van der Waals surface area contributed by atoms with Gasteiger partial charge in [0.05, 0.1) is 4.47 Å². The maximum atomic E-state index is 11.0. The summed E-state index contributed by atoms with van der Waals surface area (Å²) in [6.07, 6.45) is 2.11. The van der Waals surface area contributed by atoms with Crippen molar-refractivity contribution in [1.29, 1.82) is 0 Å². The second kappa shape index (κ2) is 4.03. The predicted molar refractivity (Wildman–Crippen MR) is 63.3 cm³/mol. The second-order valence-electron chi connectivity index (χ2n) is 3.94. The molecule has 1 saturated heterocycles. The molecule has 0 amide bonds. The Hall–Kier alpha value is -1.14. The summed E-state index contributed by atoms with van der Waals surface area (Å²) in [6, 6.07) is 3.69. The molecule has 1 aromatic heterocycles. The first-order valence-electron chi connectivity index (χ1n) is 4.91. The molecule has 3 N–H and O–H groups in total. The highest BCUT2D eigenvalue weighted by atomic mass is 79.9. The number of rotatable bonds is 2. The molecule has 0 aromatic carbocycles. The van der Waals surface area contributed by atoms with Crippen molar-refractivity contribution < 1.29 is 9.90 Å². The van der Waals surface area contributed by atoms with Gasteiger partial charge in [0.15, 0.2) is 0 Å². The van der Waals surface area contributed by atoms with Gasteiger partial charge in [0.1, 0.15) is 11.4 Å². The lowest BCUT2D eigenvalue weighted by molar-refractivity contribution is -0.142. The average molecular weight is 286 g/mol. The lowest BCUT2D eigenvalue weighted by Crippen LogP contribution is -2.50. The summed E-state index contributed by atoms with van der Waals surface area (Å²) in [5, 5.41) is 9.02. The Kier molecular flexibility index (Phi) is 2.86. The Morgan fingerprint density at radius 1 is 1.69 bits per heavy atom. The maximum absolute atomic E-state index is 11.0. The van der Waals surface area contributed by atoms with Gasteiger partial charge in [0.25, 0.3) is 0 Å². The lowest BCUT2D eigenvalue weighted by Gasteiger charge is -2.21. The lowest BCUT2D eigenvalue weighted by atomic mass is 10.0. The van der Waals surface area contributed by atoms with Crippen molar-refractivity contribution in [3.63, 3.8) is 0 Å². The molecule has 2 heterocycles. The number of anilines is 1. The van der Waals surface area contributed by atoms with Gasteiger partial charge in [-0.05, 0) is 34.5 Å². The van der Waals surface area contributed by atoms with Gasteiger partial charge in [0, 0.05) is 19.3 Å². The minimum atomic E-state index is -1.16. The molecule has 6 heteroatoms. The molecule has 1 atom stereocenters. The third-order valence-corrected chi connectivity index (χ3v) is 3.38. The van der Waals surface area contributed by atoms with E-state index in [1.165, 1.54) is 0 Å². The fourth-order valence-electron chi connectivity index (χ4n) is 1.80. The van der Waals surface area contributed by atoms with Crippen molar-refractivity contribution in [2.75, 3.05) is 18.0 Å². The Morgan fingerprint density at radius 3 is 3.00 bits per heavy atom. The van der Waals surface area contributed by atoms with Gasteiger partial charge >= 0.3 is 5.97 Å². The van der Waals surface area contributed by atoms with Crippen LogP contribution in [0.2, 0.25) is 0 Å². The van der Waals surface area contributed by atoms with E-state index >= 15 is 0 Å². The average Bonchev–Trinajstić information content (AvgIpc) is 2.63. The zero-order valence-corrected chi connectivity index (χ0v) is 10.1. The van der Waals surface area contributed by atoms with E-state index in [9.17, 15) is 4.79 Å². The maximum Gasteiger partial charge on any atom is 0.325 e. The van der Waals surface area contributed by atoms with E-state index in [4.69, 9.17) is 10.8 Å². The first-order chi connectivity index (χ1) is 7.53. The highest BCUT2D eigenvalue weighted by Crippen LogP contribution is 2.29. The van der Waals surface area contributed by atoms with E-state index in [1.54, 1.807) is 6.20 Å². The van der Waals surface area contributed by atoms with Gasteiger partial charge in [-0.25, -0.2) is 4.98 Å². The molecular formula is C10H12BrN3O2. The van der Waals surface area contributed by atoms with E-state index in [1.807, 2.05) is 17.0 Å². The highest BCUT2D eigenvalue weighted by Gasteiger charge is 2.42. The first kappa shape index (κ1) is 11.3. The van der Waals surface area contributed by atoms with Crippen molar-refractivity contribution in [3.05, 3.63) is 22.8 Å². The third-order valence-electron chi connectivity index (χ3n) is 2.77. The Bertz CT molecular complexity index is 426. The summed E-state index contributed by atoms with van der Waals surface area (Å²) in [5.74, 6) is -0.210. The fraction of sp³-hybridized carbons (Fsp3) is 0.400. The summed E-state index contributed by atoms with van der Waals surface area (Å²) in [6.45, 7) is 0.899. The first-order valence-corrected chi connectivity index (χ1v) is 5.70. The van der Waals surface area contributed by atoms with Crippen molar-refractivity contribution in [1.82, 2.24) is 4.98 Å². The topological polar surface area (TPSA) is 79.5 Å². The van der Waals surface area contributed by atoms with Gasteiger partial charge in [-0.1, -0.05) is 0 Å². The van der Waals surface area contributed by atoms with Crippen LogP contribution in [0.5, 0.6) is 0 Å². The zero-order valence-electron chi connectivity index (χ0n) is 8.56. The monoisotopic (exact) mass is 285 g/mol. The minimum absolute atomic E-state index is 0.290. The van der Waals surface area contributed by atoms with E-state index in [2.05, 4.69) is 20.9 Å². The summed E-state index contributed by atoms with van der Waals surface area (Å²) in [7, 11) is 0. The molecule has 86 valence electrons. The van der Waals surface area contributed by atoms with Crippen LogP contribution in [0.4, 0.5) is 5.82 Å². The van der Waals surface area contributed by atoms with Crippen LogP contribution in [0.3, 0.4) is 0 Å². The number of halogens is 1. The molecule has 1 aromatic rings. The molecule has 0 aliphatic carbocycles. The smallest absolute Gasteiger partial charge is 0.325 e. The number of nitrogens with zero attached hydrogens (tertiary/aromatic N) is 2. The summed E-state index contributed by atoms with van der Waals surface area (Å²) in [5.41, 5.74) is 4.64. The van der Waals surface area contributed by atoms with Crippen LogP contribution < -0.4 is 10.6 Å². The van der Waals surface area contributed by atoms with Crippen LogP contribution in [0, 0.1) is 0 Å². The standard InChI is InChI=1S/C10H12BrN3O2/c11-7-2-1-4-13-8(7)14-5-3-10(12,6-14)9(15)16/h1-2,4H,3,5-6,12H2,(H,15,16). The largest absolute Gasteiger partial charge is 0.480 e. The molecule has 5 nitrogen and oxygen atoms in total. The van der Waals surface area contributed by atoms with Crippen LogP contribution >= 0.6 is 15.9 Å². The molecule has 1 fully saturated rings. The normalized spacial score (nSPS) is 24.8. The molecule has 0 bridgehead atoms. The molecule has 2 rings (SSSR count). The molecule has 0 saturated carbocycles. The molecule has 16 heavy (non-hydrogen) atoms. The number of aromatic nitrogens is 1. The van der Waals surface area contributed by atoms with Gasteiger partial charge in [0.2, 0.25) is 0 Å². The molecule has 1 aliphatic rings. The predicted octanol–water partition coefficient (Wildman–Crippen LogP) is 0.836. The van der Waals surface area contributed by atoms with Crippen LogP contribution in [0.1, 0.15) is 6.42 Å². The fourth-order valence-corrected chi connectivity index (χ4v) is 2.30. The molecule has 0 spiro atoms. The van der Waals surface area contributed by atoms with Crippen molar-refractivity contribution >= 4 is 27.7 Å². The number of aliphatic carboxylic acids is 1. The Balaban J connectivity index is 2.22. The summed E-state index contributed by atoms with van der Waals surface area (Å²) in [4.78, 5) is 17.1. The number of hydrogen-bond donors (Lipinski definition) is 2. The van der Waals surface area contributed by atoms with Crippen LogP contribution in [0.25, 0.3) is 0 Å². The van der Waals surface area contributed by atoms with Crippen LogP contribution in [0.15, 0.2) is 22.8 Å². The molecular weight excluding hydrogens is 274 g/mol. The number of nitrogens with two attached hydrogens (primary N) is 1. The molecule has 1 aliphatic heterocycles. The Labute approximate surface area is 101 Å². The van der Waals surface area contributed by atoms with Gasteiger partial charge < -0.3 is 15.7 Å². The van der Waals surface area contributed by atoms with E-state index in [-0.39, 0.29) is 6.54 Å². The van der Waals surface area contributed by atoms with Crippen molar-refractivity contribution in [3.8, 4) is 0 Å². The van der Waals surface area contributed by atoms with Gasteiger partial charge in [-0.3, -0.25) is 4.79 Å². The number of carbonyl (C=O) groups is 1. The zero-order chi connectivity index (χ0) is 11.8. The molecule has 0 radical (unpaired) electrons. The Morgan fingerprint density at radius 2 is 2.44 bits per heavy atom. The van der Waals surface area contributed by atoms with Crippen LogP contribution in [-0.4, -0.2) is 34.7 Å². The highest BCUT2D eigenvalue weighted by molar-refractivity contribution is 9.10. The number of pyridine rings is 1. The van der Waals surface area contributed by atoms with Gasteiger partial charge in [-0.2, -0.15) is 0 Å². The third kappa shape index (κ3) is 1.90. The van der Waals surface area contributed by atoms with E-state index < -0.39 is 11.5 Å². The number of hydrogen-bond acceptors (Lipinski definition) is 4. The van der Waals surface area contributed by atoms with Crippen molar-refractivity contribution in [2.45, 2.75) is 12.0 Å². The van der Waals surface area contributed by atoms with E-state index in [0.717, 1.165) is 10.3 Å². The van der Waals surface area contributed by atoms with Gasteiger partial charge in [-0.15, -0.1) is 0 Å². The SMILES string of the molecule is NC1(C(=O)O)CCN(c2ncccc2Br)C1. The second-order valence-corrected chi connectivity index (χ2v) is 4.80. The number of carboxylic acids is 1. The van der Waals surface area contributed by atoms with Crippen molar-refractivity contribution in [2.24, 2.45) is 5.73 Å². The summed E-state index contributed by atoms with van der Waals surface area (Å²) >= 11 is 3.39. The quantitative estimate of drug-likeness (QED) is 0.842. The number of carboxylic acid groups (broad SMARTS) is 1.